The van der Waals surface area contributed by atoms with E-state index in [2.05, 4.69) is 6.92 Å². The average Bonchev–Trinajstić information content (AvgIpc) is 3.07. The van der Waals surface area contributed by atoms with Gasteiger partial charge in [0.25, 0.3) is 0 Å². The van der Waals surface area contributed by atoms with Crippen LogP contribution in [0.5, 0.6) is 0 Å². The van der Waals surface area contributed by atoms with Gasteiger partial charge in [-0.1, -0.05) is 72.6 Å². The van der Waals surface area contributed by atoms with Crippen LogP contribution in [-0.2, 0) is 65.4 Å². The molecule has 3 N–H and O–H groups in total. The predicted molar refractivity (Wildman–Crippen MR) is 178 cm³/mol. The molecule has 0 saturated heterocycles. The maximum absolute atomic E-state index is 12.4. The summed E-state index contributed by atoms with van der Waals surface area (Å²) in [4.78, 5) is 68.0. The first-order valence-electron chi connectivity index (χ1n) is 17.3. The molecule has 0 saturated carbocycles. The first kappa shape index (κ1) is 48.1. The Morgan fingerprint density at radius 2 is 0.880 bits per heavy atom. The van der Waals surface area contributed by atoms with Crippen LogP contribution in [0.4, 0.5) is 0 Å². The molecule has 19 heteroatoms. The number of unbranched alkanes of at least 4 members (excludes halogenated alkanes) is 7. The molecular weight excluding hydrogens is 706 g/mol. The van der Waals surface area contributed by atoms with Crippen molar-refractivity contribution in [3.8, 4) is 0 Å². The van der Waals surface area contributed by atoms with Gasteiger partial charge < -0.3 is 33.8 Å². The molecule has 0 aromatic heterocycles. The van der Waals surface area contributed by atoms with E-state index in [1.807, 2.05) is 13.8 Å². The molecule has 0 aliphatic heterocycles. The molecule has 0 aliphatic rings. The van der Waals surface area contributed by atoms with Crippen molar-refractivity contribution in [2.24, 2.45) is 0 Å². The van der Waals surface area contributed by atoms with Gasteiger partial charge >= 0.3 is 39.5 Å². The molecule has 0 rings (SSSR count). The zero-order valence-electron chi connectivity index (χ0n) is 29.8. The summed E-state index contributed by atoms with van der Waals surface area (Å²) in [5.41, 5.74) is 0. The number of aliphatic hydroxyl groups is 1. The van der Waals surface area contributed by atoms with Gasteiger partial charge in [0.1, 0.15) is 19.3 Å². The zero-order valence-corrected chi connectivity index (χ0v) is 31.6. The molecule has 0 bridgehead atoms. The Balaban J connectivity index is 4.87. The molecule has 0 spiro atoms. The highest BCUT2D eigenvalue weighted by molar-refractivity contribution is 7.47. The standard InChI is InChI=1S/C31H58O17P2/c1-5-9-12-13-15-17-30(35)42-21-26(47-28(33)8-4)23-45-49(37,38)43-19-25(32)20-44-50(39,40)46-24-27(22-41-29(34)16-11-7-3)48-31(36)18-14-10-6-2/h25-27,32H,5-24H2,1-4H3,(H,37,38)(H,39,40)/t25-,26+,27+/m0/s1. The quantitative estimate of drug-likeness (QED) is 0.0351. The molecule has 2 unspecified atom stereocenters. The first-order chi connectivity index (χ1) is 23.7. The number of ether oxygens (including phenoxy) is 4. The van der Waals surface area contributed by atoms with E-state index in [0.29, 0.717) is 19.3 Å². The van der Waals surface area contributed by atoms with Crippen molar-refractivity contribution >= 4 is 39.5 Å². The van der Waals surface area contributed by atoms with E-state index < -0.39 is 97.5 Å². The molecule has 0 aromatic rings. The molecule has 294 valence electrons. The maximum Gasteiger partial charge on any atom is 0.472 e. The Labute approximate surface area is 295 Å². The summed E-state index contributed by atoms with van der Waals surface area (Å²) in [6.45, 7) is 3.43. The summed E-state index contributed by atoms with van der Waals surface area (Å²) in [6, 6.07) is 0. The summed E-state index contributed by atoms with van der Waals surface area (Å²) in [6.07, 6.45) is 4.38. The number of carbonyl (C=O) groups is 4. The van der Waals surface area contributed by atoms with Gasteiger partial charge in [0.15, 0.2) is 12.2 Å². The van der Waals surface area contributed by atoms with E-state index >= 15 is 0 Å². The normalized spacial score (nSPS) is 15.6. The number of carbonyl (C=O) groups excluding carboxylic acids is 4. The van der Waals surface area contributed by atoms with Crippen molar-refractivity contribution < 1.29 is 80.2 Å². The second-order valence-corrected chi connectivity index (χ2v) is 14.3. The van der Waals surface area contributed by atoms with Crippen LogP contribution in [0.2, 0.25) is 0 Å². The van der Waals surface area contributed by atoms with E-state index in [0.717, 1.165) is 44.9 Å². The summed E-state index contributed by atoms with van der Waals surface area (Å²) < 4.78 is 64.5. The minimum absolute atomic E-state index is 0.0167. The van der Waals surface area contributed by atoms with Gasteiger partial charge in [-0.2, -0.15) is 0 Å². The fraction of sp³-hybridized carbons (Fsp3) is 0.871. The third kappa shape index (κ3) is 27.7. The van der Waals surface area contributed by atoms with Gasteiger partial charge in [-0.05, 0) is 19.3 Å². The molecule has 0 fully saturated rings. The number of hydrogen-bond acceptors (Lipinski definition) is 15. The topological polar surface area (TPSA) is 237 Å². The highest BCUT2D eigenvalue weighted by Gasteiger charge is 2.30. The van der Waals surface area contributed by atoms with Crippen LogP contribution in [-0.4, -0.2) is 96.7 Å². The fourth-order valence-corrected chi connectivity index (χ4v) is 5.39. The Hall–Kier alpha value is -1.94. The van der Waals surface area contributed by atoms with Gasteiger partial charge in [0.05, 0.1) is 26.4 Å². The molecule has 0 aliphatic carbocycles. The van der Waals surface area contributed by atoms with Crippen LogP contribution in [0.15, 0.2) is 0 Å². The predicted octanol–water partition coefficient (Wildman–Crippen LogP) is 5.07. The Kier molecular flexibility index (Phi) is 27.5. The lowest BCUT2D eigenvalue weighted by Crippen LogP contribution is -2.30. The van der Waals surface area contributed by atoms with Crippen LogP contribution in [0.25, 0.3) is 0 Å². The van der Waals surface area contributed by atoms with E-state index in [1.165, 1.54) is 6.92 Å². The fourth-order valence-electron chi connectivity index (χ4n) is 3.81. The molecule has 50 heavy (non-hydrogen) atoms. The second-order valence-electron chi connectivity index (χ2n) is 11.4. The van der Waals surface area contributed by atoms with E-state index in [1.54, 1.807) is 0 Å². The number of rotatable bonds is 32. The number of aliphatic hydroxyl groups excluding tert-OH is 1. The Morgan fingerprint density at radius 3 is 1.36 bits per heavy atom. The van der Waals surface area contributed by atoms with Gasteiger partial charge in [-0.15, -0.1) is 0 Å². The SMILES string of the molecule is CCCCCCCC(=O)OC[C@H](COP(=O)(O)OC[C@H](O)COP(=O)(O)OC[C@@H](COC(=O)CCCC)OC(=O)CCCCC)OC(=O)CC. The smallest absolute Gasteiger partial charge is 0.462 e. The van der Waals surface area contributed by atoms with Crippen molar-refractivity contribution in [2.75, 3.05) is 39.6 Å². The summed E-state index contributed by atoms with van der Waals surface area (Å²) in [5, 5.41) is 10.1. The molecule has 0 amide bonds. The van der Waals surface area contributed by atoms with E-state index in [-0.39, 0.29) is 25.7 Å². The molecule has 5 atom stereocenters. The molecule has 0 heterocycles. The van der Waals surface area contributed by atoms with Gasteiger partial charge in [-0.25, -0.2) is 9.13 Å². The van der Waals surface area contributed by atoms with Gasteiger partial charge in [0.2, 0.25) is 0 Å². The summed E-state index contributed by atoms with van der Waals surface area (Å²) in [7, 11) is -9.74. The highest BCUT2D eigenvalue weighted by Crippen LogP contribution is 2.45. The van der Waals surface area contributed by atoms with Crippen LogP contribution in [0, 0.1) is 0 Å². The van der Waals surface area contributed by atoms with Crippen molar-refractivity contribution in [1.29, 1.82) is 0 Å². The molecular formula is C31H58O17P2. The Bertz CT molecular complexity index is 1060. The van der Waals surface area contributed by atoms with Crippen LogP contribution < -0.4 is 0 Å². The molecule has 0 aromatic carbocycles. The van der Waals surface area contributed by atoms with Crippen molar-refractivity contribution in [2.45, 2.75) is 136 Å². The van der Waals surface area contributed by atoms with Crippen molar-refractivity contribution in [1.82, 2.24) is 0 Å². The molecule has 0 radical (unpaired) electrons. The summed E-state index contributed by atoms with van der Waals surface area (Å²) >= 11 is 0. The highest BCUT2D eigenvalue weighted by atomic mass is 31.2. The number of esters is 4. The lowest BCUT2D eigenvalue weighted by molar-refractivity contribution is -0.161. The second kappa shape index (κ2) is 28.6. The third-order valence-electron chi connectivity index (χ3n) is 6.66. The number of phosphoric acid groups is 2. The van der Waals surface area contributed by atoms with Gasteiger partial charge in [-0.3, -0.25) is 37.3 Å². The number of phosphoric ester groups is 2. The zero-order chi connectivity index (χ0) is 37.8. The first-order valence-corrected chi connectivity index (χ1v) is 20.3. The monoisotopic (exact) mass is 764 g/mol. The Morgan fingerprint density at radius 1 is 0.500 bits per heavy atom. The average molecular weight is 765 g/mol. The molecule has 17 nitrogen and oxygen atoms in total. The van der Waals surface area contributed by atoms with Gasteiger partial charge in [0, 0.05) is 25.7 Å². The minimum atomic E-state index is -4.87. The van der Waals surface area contributed by atoms with Crippen molar-refractivity contribution in [3.63, 3.8) is 0 Å². The largest absolute Gasteiger partial charge is 0.472 e. The minimum Gasteiger partial charge on any atom is -0.462 e. The maximum atomic E-state index is 12.4. The lowest BCUT2D eigenvalue weighted by Gasteiger charge is -2.21. The van der Waals surface area contributed by atoms with Crippen LogP contribution in [0.1, 0.15) is 118 Å². The van der Waals surface area contributed by atoms with Crippen LogP contribution in [0.3, 0.4) is 0 Å². The van der Waals surface area contributed by atoms with E-state index in [4.69, 9.17) is 37.0 Å². The van der Waals surface area contributed by atoms with Crippen molar-refractivity contribution in [3.05, 3.63) is 0 Å². The number of hydrogen-bond donors (Lipinski definition) is 3. The lowest BCUT2D eigenvalue weighted by atomic mass is 10.1. The third-order valence-corrected chi connectivity index (χ3v) is 8.56. The van der Waals surface area contributed by atoms with Crippen LogP contribution >= 0.6 is 15.6 Å². The summed E-state index contributed by atoms with van der Waals surface area (Å²) in [5.74, 6) is -2.35. The van der Waals surface area contributed by atoms with E-state index in [9.17, 15) is 43.2 Å².